The van der Waals surface area contributed by atoms with E-state index in [1.165, 1.54) is 25.7 Å². The molecule has 0 aromatic rings. The Bertz CT molecular complexity index is 268. The molecular formula is C15H29NO3. The summed E-state index contributed by atoms with van der Waals surface area (Å²) >= 11 is 0. The molecule has 19 heavy (non-hydrogen) atoms. The van der Waals surface area contributed by atoms with Gasteiger partial charge in [-0.05, 0) is 31.6 Å². The zero-order valence-electron chi connectivity index (χ0n) is 12.5. The van der Waals surface area contributed by atoms with Crippen molar-refractivity contribution in [3.8, 4) is 0 Å². The minimum absolute atomic E-state index is 0.0832. The first-order valence-corrected chi connectivity index (χ1v) is 7.61. The van der Waals surface area contributed by atoms with Gasteiger partial charge in [0.25, 0.3) is 0 Å². The van der Waals surface area contributed by atoms with Crippen molar-refractivity contribution in [2.24, 2.45) is 11.8 Å². The minimum atomic E-state index is -0.645. The normalized spacial score (nSPS) is 25.3. The highest BCUT2D eigenvalue weighted by Gasteiger charge is 2.27. The third-order valence-electron chi connectivity index (χ3n) is 4.00. The number of esters is 1. The lowest BCUT2D eigenvalue weighted by molar-refractivity contribution is -0.145. The molecule has 0 saturated heterocycles. The second-order valence-electron chi connectivity index (χ2n) is 5.87. The molecule has 112 valence electrons. The number of carbonyl (C=O) groups is 1. The molecule has 0 bridgehead atoms. The monoisotopic (exact) mass is 271 g/mol. The van der Waals surface area contributed by atoms with Crippen LogP contribution in [0.2, 0.25) is 0 Å². The molecule has 0 spiro atoms. The molecule has 0 heterocycles. The lowest BCUT2D eigenvalue weighted by atomic mass is 9.78. The van der Waals surface area contributed by atoms with E-state index < -0.39 is 6.10 Å². The van der Waals surface area contributed by atoms with Gasteiger partial charge in [-0.2, -0.15) is 0 Å². The molecule has 0 aromatic carbocycles. The minimum Gasteiger partial charge on any atom is -0.466 e. The van der Waals surface area contributed by atoms with Gasteiger partial charge in [-0.15, -0.1) is 0 Å². The number of aliphatic hydroxyl groups excluding tert-OH is 1. The molecule has 3 unspecified atom stereocenters. The van der Waals surface area contributed by atoms with E-state index in [1.807, 2.05) is 0 Å². The Hall–Kier alpha value is -0.610. The van der Waals surface area contributed by atoms with Gasteiger partial charge in [-0.25, -0.2) is 0 Å². The highest BCUT2D eigenvalue weighted by molar-refractivity contribution is 5.69. The standard InChI is InChI=1S/C15H29NO3/c1-4-19-15(18)9-12(17)10-16-14-8-6-5-7-13(14)11(2)3/h11-14,16-17H,4-10H2,1-3H3. The van der Waals surface area contributed by atoms with Crippen LogP contribution in [0.25, 0.3) is 0 Å². The number of rotatable bonds is 7. The van der Waals surface area contributed by atoms with Crippen molar-refractivity contribution in [2.75, 3.05) is 13.2 Å². The van der Waals surface area contributed by atoms with E-state index in [9.17, 15) is 9.90 Å². The zero-order valence-corrected chi connectivity index (χ0v) is 12.5. The van der Waals surface area contributed by atoms with Gasteiger partial charge in [-0.3, -0.25) is 4.79 Å². The Morgan fingerprint density at radius 1 is 1.37 bits per heavy atom. The zero-order chi connectivity index (χ0) is 14.3. The third kappa shape index (κ3) is 5.91. The number of hydrogen-bond acceptors (Lipinski definition) is 4. The lowest BCUT2D eigenvalue weighted by Gasteiger charge is -2.35. The van der Waals surface area contributed by atoms with Crippen molar-refractivity contribution in [3.05, 3.63) is 0 Å². The first kappa shape index (κ1) is 16.4. The predicted octanol–water partition coefficient (Wildman–Crippen LogP) is 2.10. The molecule has 4 nitrogen and oxygen atoms in total. The number of aliphatic hydroxyl groups is 1. The highest BCUT2D eigenvalue weighted by atomic mass is 16.5. The Labute approximate surface area is 116 Å². The average molecular weight is 271 g/mol. The summed E-state index contributed by atoms with van der Waals surface area (Å²) in [5.41, 5.74) is 0. The van der Waals surface area contributed by atoms with Crippen molar-refractivity contribution in [1.29, 1.82) is 0 Å². The molecule has 1 aliphatic carbocycles. The maximum Gasteiger partial charge on any atom is 0.308 e. The molecule has 4 heteroatoms. The molecule has 1 saturated carbocycles. The fourth-order valence-electron chi connectivity index (χ4n) is 2.98. The van der Waals surface area contributed by atoms with Crippen molar-refractivity contribution < 1.29 is 14.6 Å². The van der Waals surface area contributed by atoms with Gasteiger partial charge in [0.15, 0.2) is 0 Å². The van der Waals surface area contributed by atoms with Gasteiger partial charge in [0.05, 0.1) is 19.1 Å². The number of hydrogen-bond donors (Lipinski definition) is 2. The van der Waals surface area contributed by atoms with Crippen LogP contribution in [0.1, 0.15) is 52.9 Å². The van der Waals surface area contributed by atoms with E-state index >= 15 is 0 Å². The van der Waals surface area contributed by atoms with E-state index in [-0.39, 0.29) is 12.4 Å². The molecule has 1 fully saturated rings. The Morgan fingerprint density at radius 2 is 2.05 bits per heavy atom. The van der Waals surface area contributed by atoms with Crippen LogP contribution in [0.4, 0.5) is 0 Å². The number of ether oxygens (including phenoxy) is 1. The largest absolute Gasteiger partial charge is 0.466 e. The van der Waals surface area contributed by atoms with Gasteiger partial charge in [0.2, 0.25) is 0 Å². The first-order chi connectivity index (χ1) is 9.04. The molecule has 1 rings (SSSR count). The van der Waals surface area contributed by atoms with Crippen LogP contribution >= 0.6 is 0 Å². The lowest BCUT2D eigenvalue weighted by Crippen LogP contribution is -2.44. The predicted molar refractivity (Wildman–Crippen MR) is 75.8 cm³/mol. The van der Waals surface area contributed by atoms with Crippen molar-refractivity contribution >= 4 is 5.97 Å². The second kappa shape index (κ2) is 8.54. The van der Waals surface area contributed by atoms with Crippen LogP contribution in [-0.4, -0.2) is 36.4 Å². The van der Waals surface area contributed by atoms with Gasteiger partial charge in [0, 0.05) is 12.6 Å². The topological polar surface area (TPSA) is 58.6 Å². The summed E-state index contributed by atoms with van der Waals surface area (Å²) in [6, 6.07) is 0.477. The SMILES string of the molecule is CCOC(=O)CC(O)CNC1CCCCC1C(C)C. The smallest absolute Gasteiger partial charge is 0.308 e. The van der Waals surface area contributed by atoms with E-state index in [1.54, 1.807) is 6.92 Å². The van der Waals surface area contributed by atoms with Gasteiger partial charge in [-0.1, -0.05) is 26.7 Å². The summed E-state index contributed by atoms with van der Waals surface area (Å²) in [5, 5.41) is 13.3. The molecule has 0 radical (unpaired) electrons. The quantitative estimate of drug-likeness (QED) is 0.696. The van der Waals surface area contributed by atoms with Gasteiger partial charge < -0.3 is 15.2 Å². The maximum absolute atomic E-state index is 11.3. The highest BCUT2D eigenvalue weighted by Crippen LogP contribution is 2.30. The third-order valence-corrected chi connectivity index (χ3v) is 4.00. The molecule has 0 amide bonds. The fourth-order valence-corrected chi connectivity index (χ4v) is 2.98. The molecule has 2 N–H and O–H groups in total. The van der Waals surface area contributed by atoms with Crippen LogP contribution in [-0.2, 0) is 9.53 Å². The van der Waals surface area contributed by atoms with Crippen LogP contribution < -0.4 is 5.32 Å². The van der Waals surface area contributed by atoms with Crippen molar-refractivity contribution in [3.63, 3.8) is 0 Å². The van der Waals surface area contributed by atoms with Crippen LogP contribution in [0.3, 0.4) is 0 Å². The van der Waals surface area contributed by atoms with Crippen LogP contribution in [0, 0.1) is 11.8 Å². The maximum atomic E-state index is 11.3. The summed E-state index contributed by atoms with van der Waals surface area (Å²) in [7, 11) is 0. The van der Waals surface area contributed by atoms with E-state index in [2.05, 4.69) is 19.2 Å². The number of nitrogens with one attached hydrogen (secondary N) is 1. The summed E-state index contributed by atoms with van der Waals surface area (Å²) < 4.78 is 4.84. The fraction of sp³-hybridized carbons (Fsp3) is 0.933. The summed E-state index contributed by atoms with van der Waals surface area (Å²) in [6.07, 6.45) is 4.45. The van der Waals surface area contributed by atoms with E-state index in [0.29, 0.717) is 31.0 Å². The van der Waals surface area contributed by atoms with E-state index in [4.69, 9.17) is 4.74 Å². The van der Waals surface area contributed by atoms with E-state index in [0.717, 1.165) is 0 Å². The molecule has 1 aliphatic rings. The molecule has 3 atom stereocenters. The molecule has 0 aliphatic heterocycles. The Balaban J connectivity index is 2.31. The Morgan fingerprint density at radius 3 is 2.68 bits per heavy atom. The summed E-state index contributed by atoms with van der Waals surface area (Å²) in [5.74, 6) is 1.03. The van der Waals surface area contributed by atoms with Crippen LogP contribution in [0.5, 0.6) is 0 Å². The Kier molecular flexibility index (Phi) is 7.39. The van der Waals surface area contributed by atoms with Crippen molar-refractivity contribution in [2.45, 2.75) is 65.0 Å². The first-order valence-electron chi connectivity index (χ1n) is 7.61. The molecule has 0 aromatic heterocycles. The van der Waals surface area contributed by atoms with Crippen molar-refractivity contribution in [1.82, 2.24) is 5.32 Å². The second-order valence-corrected chi connectivity index (χ2v) is 5.87. The average Bonchev–Trinajstić information content (AvgIpc) is 2.36. The number of carbonyl (C=O) groups excluding carboxylic acids is 1. The summed E-state index contributed by atoms with van der Waals surface area (Å²) in [4.78, 5) is 11.3. The summed E-state index contributed by atoms with van der Waals surface area (Å²) in [6.45, 7) is 7.15. The van der Waals surface area contributed by atoms with Gasteiger partial charge in [0.1, 0.15) is 0 Å². The van der Waals surface area contributed by atoms with Crippen LogP contribution in [0.15, 0.2) is 0 Å². The van der Waals surface area contributed by atoms with Gasteiger partial charge >= 0.3 is 5.97 Å². The molecular weight excluding hydrogens is 242 g/mol.